The molecule has 1 saturated heterocycles. The van der Waals surface area contributed by atoms with Crippen molar-refractivity contribution in [2.75, 3.05) is 19.6 Å². The fourth-order valence-electron chi connectivity index (χ4n) is 3.43. The number of hydrazine groups is 1. The maximum absolute atomic E-state index is 12.1. The van der Waals surface area contributed by atoms with E-state index in [0.717, 1.165) is 31.8 Å². The van der Waals surface area contributed by atoms with Gasteiger partial charge in [-0.3, -0.25) is 15.6 Å². The summed E-state index contributed by atoms with van der Waals surface area (Å²) in [6.07, 6.45) is 7.17. The second kappa shape index (κ2) is 8.79. The van der Waals surface area contributed by atoms with E-state index in [1.807, 2.05) is 12.2 Å². The highest BCUT2D eigenvalue weighted by Crippen LogP contribution is 2.23. The van der Waals surface area contributed by atoms with Gasteiger partial charge in [-0.2, -0.15) is 0 Å². The fraction of sp³-hybridized carbons (Fsp3) is 0.476. The summed E-state index contributed by atoms with van der Waals surface area (Å²) in [5, 5.41) is 2.95. The molecule has 2 aliphatic rings. The Morgan fingerprint density at radius 2 is 2.04 bits per heavy atom. The van der Waals surface area contributed by atoms with Crippen LogP contribution < -0.4 is 16.2 Å². The van der Waals surface area contributed by atoms with Crippen LogP contribution in [0.1, 0.15) is 32.3 Å². The third kappa shape index (κ3) is 5.04. The van der Waals surface area contributed by atoms with E-state index in [1.54, 1.807) is 0 Å². The maximum Gasteiger partial charge on any atom is 0.269 e. The Balaban J connectivity index is 1.49. The first kappa shape index (κ1) is 18.4. The summed E-state index contributed by atoms with van der Waals surface area (Å²) in [7, 11) is 0. The lowest BCUT2D eigenvalue weighted by molar-refractivity contribution is -0.118. The van der Waals surface area contributed by atoms with Crippen LogP contribution in [0.2, 0.25) is 0 Å². The van der Waals surface area contributed by atoms with Crippen molar-refractivity contribution in [2.45, 2.75) is 33.1 Å². The van der Waals surface area contributed by atoms with Gasteiger partial charge in [0.05, 0.1) is 0 Å². The summed E-state index contributed by atoms with van der Waals surface area (Å²) in [5.74, 6) is 2.24. The van der Waals surface area contributed by atoms with Gasteiger partial charge in [0.1, 0.15) is 11.5 Å². The number of rotatable bonds is 7. The second-order valence-electron chi connectivity index (χ2n) is 7.61. The lowest BCUT2D eigenvalue weighted by atomic mass is 9.99. The molecule has 0 aliphatic carbocycles. The Labute approximate surface area is 156 Å². The summed E-state index contributed by atoms with van der Waals surface area (Å²) >= 11 is 0. The molecule has 140 valence electrons. The summed E-state index contributed by atoms with van der Waals surface area (Å²) in [4.78, 5) is 14.5. The van der Waals surface area contributed by atoms with Gasteiger partial charge >= 0.3 is 0 Å². The SMILES string of the molecule is CC(C)CCNC(=O)C1=CC=C(N2CCC(Cc3ccccc3)C2)NN1. The second-order valence-corrected chi connectivity index (χ2v) is 7.61. The average Bonchev–Trinajstić information content (AvgIpc) is 3.11. The van der Waals surface area contributed by atoms with Crippen LogP contribution in [0, 0.1) is 11.8 Å². The third-order valence-corrected chi connectivity index (χ3v) is 4.98. The predicted octanol–water partition coefficient (Wildman–Crippen LogP) is 2.55. The Kier molecular flexibility index (Phi) is 6.21. The Bertz CT molecular complexity index is 666. The molecule has 0 spiro atoms. The van der Waals surface area contributed by atoms with Crippen molar-refractivity contribution in [2.24, 2.45) is 11.8 Å². The van der Waals surface area contributed by atoms with E-state index in [0.29, 0.717) is 24.1 Å². The van der Waals surface area contributed by atoms with Crippen LogP contribution in [0.15, 0.2) is 54.0 Å². The van der Waals surface area contributed by atoms with Crippen LogP contribution in [0.25, 0.3) is 0 Å². The van der Waals surface area contributed by atoms with Crippen molar-refractivity contribution < 1.29 is 4.79 Å². The molecular weight excluding hydrogens is 324 g/mol. The van der Waals surface area contributed by atoms with Crippen molar-refractivity contribution >= 4 is 5.91 Å². The maximum atomic E-state index is 12.1. The Hall–Kier alpha value is -2.43. The van der Waals surface area contributed by atoms with Crippen molar-refractivity contribution in [1.29, 1.82) is 0 Å². The number of likely N-dealkylation sites (tertiary alicyclic amines) is 1. The molecule has 2 heterocycles. The molecule has 1 unspecified atom stereocenters. The van der Waals surface area contributed by atoms with E-state index in [-0.39, 0.29) is 5.91 Å². The number of benzene rings is 1. The average molecular weight is 354 g/mol. The van der Waals surface area contributed by atoms with Crippen LogP contribution in [0.3, 0.4) is 0 Å². The van der Waals surface area contributed by atoms with Crippen LogP contribution in [0.5, 0.6) is 0 Å². The number of carbonyl (C=O) groups is 1. The summed E-state index contributed by atoms with van der Waals surface area (Å²) < 4.78 is 0. The molecule has 2 aliphatic heterocycles. The number of hydrogen-bond acceptors (Lipinski definition) is 4. The van der Waals surface area contributed by atoms with E-state index in [1.165, 1.54) is 12.0 Å². The highest BCUT2D eigenvalue weighted by molar-refractivity contribution is 5.93. The Morgan fingerprint density at radius 3 is 2.73 bits per heavy atom. The zero-order valence-corrected chi connectivity index (χ0v) is 15.8. The molecule has 0 saturated carbocycles. The van der Waals surface area contributed by atoms with Gasteiger partial charge in [-0.1, -0.05) is 44.2 Å². The zero-order valence-electron chi connectivity index (χ0n) is 15.8. The van der Waals surface area contributed by atoms with Gasteiger partial charge in [-0.05, 0) is 48.8 Å². The highest BCUT2D eigenvalue weighted by Gasteiger charge is 2.25. The fourth-order valence-corrected chi connectivity index (χ4v) is 3.43. The molecule has 5 nitrogen and oxygen atoms in total. The number of allylic oxidation sites excluding steroid dienone is 2. The van der Waals surface area contributed by atoms with Crippen LogP contribution >= 0.6 is 0 Å². The van der Waals surface area contributed by atoms with E-state index >= 15 is 0 Å². The molecule has 1 amide bonds. The molecular formula is C21H30N4O. The topological polar surface area (TPSA) is 56.4 Å². The van der Waals surface area contributed by atoms with E-state index in [2.05, 4.69) is 65.2 Å². The minimum absolute atomic E-state index is 0.0585. The van der Waals surface area contributed by atoms with Gasteiger partial charge in [-0.25, -0.2) is 0 Å². The third-order valence-electron chi connectivity index (χ3n) is 4.98. The zero-order chi connectivity index (χ0) is 18.4. The molecule has 0 radical (unpaired) electrons. The van der Waals surface area contributed by atoms with Gasteiger partial charge in [-0.15, -0.1) is 0 Å². The van der Waals surface area contributed by atoms with Gasteiger partial charge in [0.25, 0.3) is 5.91 Å². The minimum Gasteiger partial charge on any atom is -0.357 e. The number of nitrogens with zero attached hydrogens (tertiary/aromatic N) is 1. The van der Waals surface area contributed by atoms with Gasteiger partial charge < -0.3 is 10.2 Å². The summed E-state index contributed by atoms with van der Waals surface area (Å²) in [6, 6.07) is 10.7. The smallest absolute Gasteiger partial charge is 0.269 e. The monoisotopic (exact) mass is 354 g/mol. The molecule has 26 heavy (non-hydrogen) atoms. The molecule has 1 fully saturated rings. The molecule has 1 atom stereocenters. The van der Waals surface area contributed by atoms with Crippen molar-refractivity contribution in [3.8, 4) is 0 Å². The molecule has 1 aromatic rings. The molecule has 5 heteroatoms. The number of hydrogen-bond donors (Lipinski definition) is 3. The lowest BCUT2D eigenvalue weighted by Crippen LogP contribution is -2.44. The normalized spacial score (nSPS) is 19.5. The summed E-state index contributed by atoms with van der Waals surface area (Å²) in [5.41, 5.74) is 8.19. The van der Waals surface area contributed by atoms with Crippen molar-refractivity contribution in [3.63, 3.8) is 0 Å². The molecule has 3 rings (SSSR count). The van der Waals surface area contributed by atoms with E-state index in [9.17, 15) is 4.79 Å². The first-order chi connectivity index (χ1) is 12.6. The molecule has 0 bridgehead atoms. The molecule has 1 aromatic carbocycles. The highest BCUT2D eigenvalue weighted by atomic mass is 16.2. The standard InChI is InChI=1S/C21H30N4O/c1-16(2)10-12-22-21(26)19-8-9-20(24-23-19)25-13-11-18(15-25)14-17-6-4-3-5-7-17/h3-9,16,18,23-24H,10-15H2,1-2H3,(H,22,26). The Morgan fingerprint density at radius 1 is 1.23 bits per heavy atom. The van der Waals surface area contributed by atoms with Crippen LogP contribution in [-0.4, -0.2) is 30.4 Å². The summed E-state index contributed by atoms with van der Waals surface area (Å²) in [6.45, 7) is 7.10. The lowest BCUT2D eigenvalue weighted by Gasteiger charge is -2.27. The van der Waals surface area contributed by atoms with Crippen molar-refractivity contribution in [1.82, 2.24) is 21.1 Å². The quantitative estimate of drug-likeness (QED) is 0.704. The number of carbonyl (C=O) groups excluding carboxylic acids is 1. The first-order valence-electron chi connectivity index (χ1n) is 9.63. The van der Waals surface area contributed by atoms with Gasteiger partial charge in [0.15, 0.2) is 0 Å². The van der Waals surface area contributed by atoms with E-state index in [4.69, 9.17) is 0 Å². The van der Waals surface area contributed by atoms with E-state index < -0.39 is 0 Å². The van der Waals surface area contributed by atoms with Crippen molar-refractivity contribution in [3.05, 3.63) is 59.6 Å². The van der Waals surface area contributed by atoms with Gasteiger partial charge in [0.2, 0.25) is 0 Å². The number of amides is 1. The van der Waals surface area contributed by atoms with Crippen LogP contribution in [-0.2, 0) is 11.2 Å². The predicted molar refractivity (Wildman–Crippen MR) is 105 cm³/mol. The van der Waals surface area contributed by atoms with Gasteiger partial charge in [0, 0.05) is 19.6 Å². The largest absolute Gasteiger partial charge is 0.357 e. The number of nitrogens with one attached hydrogen (secondary N) is 3. The first-order valence-corrected chi connectivity index (χ1v) is 9.63. The molecule has 3 N–H and O–H groups in total. The van der Waals surface area contributed by atoms with Crippen LogP contribution in [0.4, 0.5) is 0 Å². The molecule has 0 aromatic heterocycles. The minimum atomic E-state index is -0.0585.